The first-order valence-electron chi connectivity index (χ1n) is 13.4. The third kappa shape index (κ3) is 5.13. The minimum Gasteiger partial charge on any atom is -0.359 e. The SMILES string of the molecule is CCS(=O)(=O)NC(=O)c1cnn2c(Nc3cccc4cc[nH]c34)c(C(=O)N3CCC(c4ccccc4)CC3)cnc12. The molecule has 1 saturated heterocycles. The summed E-state index contributed by atoms with van der Waals surface area (Å²) in [5.74, 6) is -0.589. The molecule has 6 rings (SSSR count). The molecule has 12 heteroatoms. The van der Waals surface area contributed by atoms with Gasteiger partial charge in [0, 0.05) is 30.9 Å². The molecule has 0 radical (unpaired) electrons. The van der Waals surface area contributed by atoms with Gasteiger partial charge in [-0.1, -0.05) is 42.5 Å². The number of carbonyl (C=O) groups is 2. The molecule has 0 aliphatic carbocycles. The molecule has 1 aliphatic rings. The number of piperidine rings is 1. The summed E-state index contributed by atoms with van der Waals surface area (Å²) in [4.78, 5) is 36.2. The minimum atomic E-state index is -3.80. The number of rotatable bonds is 7. The van der Waals surface area contributed by atoms with E-state index in [1.807, 2.05) is 58.3 Å². The molecule has 0 atom stereocenters. The molecule has 0 saturated carbocycles. The molecule has 2 aromatic carbocycles. The molecular formula is C29H29N7O4S. The van der Waals surface area contributed by atoms with Gasteiger partial charge in [0.2, 0.25) is 10.0 Å². The second kappa shape index (κ2) is 10.7. The average Bonchev–Trinajstić information content (AvgIpc) is 3.66. The van der Waals surface area contributed by atoms with Gasteiger partial charge in [0.05, 0.1) is 23.2 Å². The number of aromatic nitrogens is 4. The number of likely N-dealkylation sites (tertiary alicyclic amines) is 1. The maximum Gasteiger partial charge on any atom is 0.270 e. The Morgan fingerprint density at radius 3 is 2.54 bits per heavy atom. The summed E-state index contributed by atoms with van der Waals surface area (Å²) in [6.45, 7) is 2.61. The zero-order valence-corrected chi connectivity index (χ0v) is 23.2. The van der Waals surface area contributed by atoms with Crippen LogP contribution in [0, 0.1) is 0 Å². The molecule has 3 N–H and O–H groups in total. The lowest BCUT2D eigenvalue weighted by Gasteiger charge is -2.32. The number of carbonyl (C=O) groups excluding carboxylic acids is 2. The number of benzene rings is 2. The van der Waals surface area contributed by atoms with Gasteiger partial charge in [0.1, 0.15) is 16.9 Å². The molecule has 41 heavy (non-hydrogen) atoms. The number of nitrogens with zero attached hydrogens (tertiary/aromatic N) is 4. The summed E-state index contributed by atoms with van der Waals surface area (Å²) in [6, 6.07) is 18.0. The van der Waals surface area contributed by atoms with E-state index in [4.69, 9.17) is 0 Å². The maximum atomic E-state index is 13.9. The van der Waals surface area contributed by atoms with Gasteiger partial charge in [-0.05, 0) is 43.4 Å². The zero-order valence-electron chi connectivity index (χ0n) is 22.4. The van der Waals surface area contributed by atoms with Crippen LogP contribution in [-0.4, -0.2) is 63.6 Å². The van der Waals surface area contributed by atoms with Crippen molar-refractivity contribution in [1.82, 2.24) is 29.2 Å². The Labute approximate surface area is 236 Å². The number of nitrogens with one attached hydrogen (secondary N) is 3. The van der Waals surface area contributed by atoms with Gasteiger partial charge in [-0.3, -0.25) is 9.59 Å². The van der Waals surface area contributed by atoms with E-state index in [9.17, 15) is 18.0 Å². The van der Waals surface area contributed by atoms with E-state index < -0.39 is 15.9 Å². The minimum absolute atomic E-state index is 0.0224. The highest BCUT2D eigenvalue weighted by atomic mass is 32.2. The number of para-hydroxylation sites is 1. The Morgan fingerprint density at radius 2 is 1.78 bits per heavy atom. The van der Waals surface area contributed by atoms with Crippen molar-refractivity contribution in [2.75, 3.05) is 24.2 Å². The second-order valence-corrected chi connectivity index (χ2v) is 12.0. The Morgan fingerprint density at radius 1 is 1.00 bits per heavy atom. The smallest absolute Gasteiger partial charge is 0.270 e. The summed E-state index contributed by atoms with van der Waals surface area (Å²) in [7, 11) is -3.80. The Kier molecular flexibility index (Phi) is 6.91. The third-order valence-corrected chi connectivity index (χ3v) is 8.78. The zero-order chi connectivity index (χ0) is 28.6. The predicted molar refractivity (Wildman–Crippen MR) is 156 cm³/mol. The van der Waals surface area contributed by atoms with E-state index in [2.05, 4.69) is 32.5 Å². The number of fused-ring (bicyclic) bond motifs is 2. The van der Waals surface area contributed by atoms with Gasteiger partial charge in [0.15, 0.2) is 5.65 Å². The number of amides is 2. The fourth-order valence-corrected chi connectivity index (χ4v) is 5.80. The molecular weight excluding hydrogens is 542 g/mol. The highest BCUT2D eigenvalue weighted by Gasteiger charge is 2.29. The lowest BCUT2D eigenvalue weighted by atomic mass is 9.89. The van der Waals surface area contributed by atoms with E-state index >= 15 is 0 Å². The largest absolute Gasteiger partial charge is 0.359 e. The molecule has 0 bridgehead atoms. The van der Waals surface area contributed by atoms with Crippen molar-refractivity contribution in [2.45, 2.75) is 25.7 Å². The van der Waals surface area contributed by atoms with Crippen LogP contribution in [0.1, 0.15) is 52.0 Å². The number of sulfonamides is 1. The first kappa shape index (κ1) is 26.5. The Hall–Kier alpha value is -4.71. The molecule has 0 spiro atoms. The van der Waals surface area contributed by atoms with Crippen LogP contribution < -0.4 is 10.0 Å². The standard InChI is InChI=1S/C29H29N7O4S/c1-2-41(39,40)34-28(37)22-18-32-36-26(22)31-17-23(27(36)33-24-10-6-9-21-11-14-30-25(21)24)29(38)35-15-12-20(13-16-35)19-7-4-3-5-8-19/h3-11,14,17-18,20,30,33H,2,12-13,15-16H2,1H3,(H,34,37). The molecule has 1 fully saturated rings. The van der Waals surface area contributed by atoms with E-state index in [1.165, 1.54) is 29.4 Å². The van der Waals surface area contributed by atoms with Crippen LogP contribution in [0.5, 0.6) is 0 Å². The van der Waals surface area contributed by atoms with E-state index in [0.717, 1.165) is 23.7 Å². The molecule has 3 aromatic heterocycles. The molecule has 11 nitrogen and oxygen atoms in total. The van der Waals surface area contributed by atoms with Crippen LogP contribution in [0.3, 0.4) is 0 Å². The molecule has 4 heterocycles. The van der Waals surface area contributed by atoms with E-state index in [-0.39, 0.29) is 28.4 Å². The summed E-state index contributed by atoms with van der Waals surface area (Å²) in [5.41, 5.74) is 3.19. The second-order valence-electron chi connectivity index (χ2n) is 10.00. The van der Waals surface area contributed by atoms with Gasteiger partial charge >= 0.3 is 0 Å². The molecule has 2 amide bonds. The summed E-state index contributed by atoms with van der Waals surface area (Å²) in [6.07, 6.45) is 6.18. The lowest BCUT2D eigenvalue weighted by molar-refractivity contribution is 0.0713. The van der Waals surface area contributed by atoms with Gasteiger partial charge < -0.3 is 15.2 Å². The number of hydrogen-bond donors (Lipinski definition) is 3. The van der Waals surface area contributed by atoms with Gasteiger partial charge in [-0.25, -0.2) is 18.1 Å². The highest BCUT2D eigenvalue weighted by molar-refractivity contribution is 7.90. The molecule has 1 aliphatic heterocycles. The van der Waals surface area contributed by atoms with Crippen molar-refractivity contribution in [2.24, 2.45) is 0 Å². The van der Waals surface area contributed by atoms with Crippen molar-refractivity contribution < 1.29 is 18.0 Å². The molecule has 5 aromatic rings. The topological polar surface area (TPSA) is 142 Å². The highest BCUT2D eigenvalue weighted by Crippen LogP contribution is 2.31. The predicted octanol–water partition coefficient (Wildman–Crippen LogP) is 4.05. The van der Waals surface area contributed by atoms with Crippen molar-refractivity contribution in [3.63, 3.8) is 0 Å². The quantitative estimate of drug-likeness (QED) is 0.268. The van der Waals surface area contributed by atoms with E-state index in [1.54, 1.807) is 0 Å². The molecule has 0 unspecified atom stereocenters. The fraction of sp³-hybridized carbons (Fsp3) is 0.241. The monoisotopic (exact) mass is 571 g/mol. The number of anilines is 2. The summed E-state index contributed by atoms with van der Waals surface area (Å²) >= 11 is 0. The van der Waals surface area contributed by atoms with Crippen molar-refractivity contribution >= 4 is 49.9 Å². The Balaban J connectivity index is 1.37. The lowest BCUT2D eigenvalue weighted by Crippen LogP contribution is -2.38. The van der Waals surface area contributed by atoms with Crippen molar-refractivity contribution in [3.8, 4) is 0 Å². The fourth-order valence-electron chi connectivity index (χ4n) is 5.26. The van der Waals surface area contributed by atoms with Crippen LogP contribution in [0.2, 0.25) is 0 Å². The average molecular weight is 572 g/mol. The van der Waals surface area contributed by atoms with Crippen molar-refractivity contribution in [3.05, 3.63) is 89.9 Å². The summed E-state index contributed by atoms with van der Waals surface area (Å²) in [5, 5.41) is 8.67. The van der Waals surface area contributed by atoms with Gasteiger partial charge in [-0.2, -0.15) is 9.61 Å². The normalized spacial score (nSPS) is 14.4. The van der Waals surface area contributed by atoms with Crippen LogP contribution in [0.4, 0.5) is 11.5 Å². The molecule has 210 valence electrons. The number of aromatic amines is 1. The number of hydrogen-bond acceptors (Lipinski definition) is 7. The number of H-pyrrole nitrogens is 1. The van der Waals surface area contributed by atoms with Crippen molar-refractivity contribution in [1.29, 1.82) is 0 Å². The Bertz CT molecular complexity index is 1860. The summed E-state index contributed by atoms with van der Waals surface area (Å²) < 4.78 is 27.5. The third-order valence-electron chi connectivity index (χ3n) is 7.52. The van der Waals surface area contributed by atoms with Gasteiger partial charge in [0.25, 0.3) is 11.8 Å². The van der Waals surface area contributed by atoms with Gasteiger partial charge in [-0.15, -0.1) is 0 Å². The van der Waals surface area contributed by atoms with E-state index in [0.29, 0.717) is 30.5 Å². The first-order chi connectivity index (χ1) is 19.8. The van der Waals surface area contributed by atoms with Crippen LogP contribution >= 0.6 is 0 Å². The van der Waals surface area contributed by atoms with Crippen LogP contribution in [0.25, 0.3) is 16.6 Å². The van der Waals surface area contributed by atoms with Crippen LogP contribution in [-0.2, 0) is 10.0 Å². The first-order valence-corrected chi connectivity index (χ1v) is 15.1. The maximum absolute atomic E-state index is 13.9. The van der Waals surface area contributed by atoms with Crippen LogP contribution in [0.15, 0.2) is 73.2 Å².